The lowest BCUT2D eigenvalue weighted by Crippen LogP contribution is -2.29. The minimum absolute atomic E-state index is 0.233. The van der Waals surface area contributed by atoms with Crippen LogP contribution in [0.5, 0.6) is 0 Å². The molecule has 0 aromatic heterocycles. The summed E-state index contributed by atoms with van der Waals surface area (Å²) in [6.07, 6.45) is 0. The van der Waals surface area contributed by atoms with Gasteiger partial charge in [-0.3, -0.25) is 0 Å². The van der Waals surface area contributed by atoms with Gasteiger partial charge in [0.25, 0.3) is 0 Å². The molecule has 0 heterocycles. The molecule has 2 nitrogen and oxygen atoms in total. The zero-order valence-electron chi connectivity index (χ0n) is 12.0. The van der Waals surface area contributed by atoms with E-state index in [4.69, 9.17) is 18.0 Å². The third-order valence-electron chi connectivity index (χ3n) is 3.74. The van der Waals surface area contributed by atoms with Crippen LogP contribution in [-0.4, -0.2) is 11.5 Å². The first kappa shape index (κ1) is 15.0. The predicted molar refractivity (Wildman–Crippen MR) is 84.2 cm³/mol. The molecule has 0 fully saturated rings. The van der Waals surface area contributed by atoms with Crippen molar-refractivity contribution in [2.75, 3.05) is 11.9 Å². The first-order chi connectivity index (χ1) is 8.24. The number of rotatable bonds is 5. The van der Waals surface area contributed by atoms with Crippen LogP contribution in [0.25, 0.3) is 0 Å². The Hall–Kier alpha value is -1.09. The molecule has 1 rings (SSSR count). The highest BCUT2D eigenvalue weighted by Crippen LogP contribution is 2.27. The van der Waals surface area contributed by atoms with Gasteiger partial charge in [-0.25, -0.2) is 0 Å². The first-order valence-corrected chi connectivity index (χ1v) is 6.79. The van der Waals surface area contributed by atoms with Crippen molar-refractivity contribution in [1.29, 1.82) is 0 Å². The van der Waals surface area contributed by atoms with E-state index in [0.717, 1.165) is 17.8 Å². The van der Waals surface area contributed by atoms with E-state index in [9.17, 15) is 0 Å². The van der Waals surface area contributed by atoms with Crippen LogP contribution in [-0.2, 0) is 0 Å². The smallest absolute Gasteiger partial charge is 0.106 e. The van der Waals surface area contributed by atoms with Crippen LogP contribution in [0.1, 0.15) is 38.8 Å². The molecule has 0 aliphatic carbocycles. The maximum Gasteiger partial charge on any atom is 0.106 e. The van der Waals surface area contributed by atoms with Gasteiger partial charge in [-0.15, -0.1) is 0 Å². The van der Waals surface area contributed by atoms with Gasteiger partial charge in [-0.1, -0.05) is 46.0 Å². The topological polar surface area (TPSA) is 38.0 Å². The van der Waals surface area contributed by atoms with Crippen molar-refractivity contribution in [2.24, 2.45) is 17.1 Å². The molecule has 0 aliphatic rings. The summed E-state index contributed by atoms with van der Waals surface area (Å²) in [6, 6.07) is 6.13. The Kier molecular flexibility index (Phi) is 4.74. The zero-order chi connectivity index (χ0) is 13.9. The molecule has 0 spiro atoms. The number of nitrogens with one attached hydrogen (secondary N) is 1. The molecular weight excluding hydrogens is 240 g/mol. The Bertz CT molecular complexity index is 436. The lowest BCUT2D eigenvalue weighted by Gasteiger charge is -2.30. The van der Waals surface area contributed by atoms with Crippen LogP contribution < -0.4 is 11.1 Å². The fraction of sp³-hybridized carbons (Fsp3) is 0.533. The average molecular weight is 264 g/mol. The van der Waals surface area contributed by atoms with E-state index in [1.165, 1.54) is 5.56 Å². The zero-order valence-corrected chi connectivity index (χ0v) is 12.8. The summed E-state index contributed by atoms with van der Waals surface area (Å²) in [5, 5.41) is 3.49. The normalized spacial score (nSPS) is 11.7. The van der Waals surface area contributed by atoms with Crippen LogP contribution in [0.4, 0.5) is 5.69 Å². The second-order valence-electron chi connectivity index (χ2n) is 5.91. The van der Waals surface area contributed by atoms with Crippen molar-refractivity contribution >= 4 is 22.9 Å². The summed E-state index contributed by atoms with van der Waals surface area (Å²) in [5.74, 6) is 0.614. The lowest BCUT2D eigenvalue weighted by atomic mass is 9.81. The largest absolute Gasteiger partial charge is 0.389 e. The van der Waals surface area contributed by atoms with E-state index in [0.29, 0.717) is 10.9 Å². The molecule has 0 radical (unpaired) electrons. The van der Waals surface area contributed by atoms with Gasteiger partial charge >= 0.3 is 0 Å². The van der Waals surface area contributed by atoms with Crippen LogP contribution in [0.2, 0.25) is 0 Å². The third kappa shape index (κ3) is 3.70. The number of anilines is 1. The van der Waals surface area contributed by atoms with E-state index in [-0.39, 0.29) is 5.41 Å². The number of hydrogen-bond donors (Lipinski definition) is 2. The van der Waals surface area contributed by atoms with Crippen LogP contribution >= 0.6 is 12.2 Å². The fourth-order valence-electron chi connectivity index (χ4n) is 1.55. The van der Waals surface area contributed by atoms with Gasteiger partial charge in [-0.05, 0) is 36.0 Å². The van der Waals surface area contributed by atoms with Gasteiger partial charge in [0.2, 0.25) is 0 Å². The minimum atomic E-state index is 0.233. The van der Waals surface area contributed by atoms with Gasteiger partial charge in [-0.2, -0.15) is 0 Å². The molecular formula is C15H24N2S. The molecule has 0 unspecified atom stereocenters. The highest BCUT2D eigenvalue weighted by Gasteiger charge is 2.22. The highest BCUT2D eigenvalue weighted by atomic mass is 32.1. The predicted octanol–water partition coefficient (Wildman–Crippen LogP) is 3.72. The molecule has 18 heavy (non-hydrogen) atoms. The van der Waals surface area contributed by atoms with Crippen molar-refractivity contribution in [3.8, 4) is 0 Å². The van der Waals surface area contributed by atoms with Crippen LogP contribution in [0.3, 0.4) is 0 Å². The summed E-state index contributed by atoms with van der Waals surface area (Å²) in [4.78, 5) is 0.444. The molecule has 0 saturated carbocycles. The fourth-order valence-corrected chi connectivity index (χ4v) is 1.72. The Balaban J connectivity index is 2.90. The molecule has 100 valence electrons. The quantitative estimate of drug-likeness (QED) is 0.796. The van der Waals surface area contributed by atoms with E-state index >= 15 is 0 Å². The number of aryl methyl sites for hydroxylation is 1. The molecule has 0 saturated heterocycles. The first-order valence-electron chi connectivity index (χ1n) is 6.38. The van der Waals surface area contributed by atoms with E-state index < -0.39 is 0 Å². The monoisotopic (exact) mass is 264 g/mol. The number of hydrogen-bond acceptors (Lipinski definition) is 2. The average Bonchev–Trinajstić information content (AvgIpc) is 2.26. The summed E-state index contributed by atoms with van der Waals surface area (Å²) in [6.45, 7) is 12.0. The Labute approximate surface area is 116 Å². The van der Waals surface area contributed by atoms with Crippen molar-refractivity contribution in [3.05, 3.63) is 29.3 Å². The molecule has 0 bridgehead atoms. The standard InChI is InChI=1S/C15H24N2S/c1-10(2)15(4,5)9-17-13-8-11(3)6-7-12(13)14(16)18/h6-8,10,17H,9H2,1-5H3,(H2,16,18). The number of thiocarbonyl (C=S) groups is 1. The summed E-state index contributed by atoms with van der Waals surface area (Å²) >= 11 is 5.09. The molecule has 0 atom stereocenters. The number of nitrogens with two attached hydrogens (primary N) is 1. The van der Waals surface area contributed by atoms with E-state index in [1.807, 2.05) is 12.1 Å². The van der Waals surface area contributed by atoms with E-state index in [1.54, 1.807) is 0 Å². The highest BCUT2D eigenvalue weighted by molar-refractivity contribution is 7.80. The molecule has 3 heteroatoms. The molecule has 0 aliphatic heterocycles. The van der Waals surface area contributed by atoms with Gasteiger partial charge in [0.05, 0.1) is 0 Å². The van der Waals surface area contributed by atoms with E-state index in [2.05, 4.69) is 46.0 Å². The molecule has 3 N–H and O–H groups in total. The minimum Gasteiger partial charge on any atom is -0.389 e. The van der Waals surface area contributed by atoms with Crippen molar-refractivity contribution in [3.63, 3.8) is 0 Å². The van der Waals surface area contributed by atoms with Gasteiger partial charge in [0, 0.05) is 17.8 Å². The van der Waals surface area contributed by atoms with Crippen LogP contribution in [0.15, 0.2) is 18.2 Å². The Morgan fingerprint density at radius 1 is 1.39 bits per heavy atom. The number of benzene rings is 1. The van der Waals surface area contributed by atoms with Gasteiger partial charge < -0.3 is 11.1 Å². The summed E-state index contributed by atoms with van der Waals surface area (Å²) in [7, 11) is 0. The summed E-state index contributed by atoms with van der Waals surface area (Å²) < 4.78 is 0. The third-order valence-corrected chi connectivity index (χ3v) is 3.96. The second-order valence-corrected chi connectivity index (χ2v) is 6.35. The Morgan fingerprint density at radius 2 is 2.00 bits per heavy atom. The van der Waals surface area contributed by atoms with Crippen molar-refractivity contribution in [1.82, 2.24) is 0 Å². The molecule has 1 aromatic carbocycles. The van der Waals surface area contributed by atoms with Gasteiger partial charge in [0.15, 0.2) is 0 Å². The maximum absolute atomic E-state index is 5.76. The lowest BCUT2D eigenvalue weighted by molar-refractivity contribution is 0.269. The molecule has 1 aromatic rings. The van der Waals surface area contributed by atoms with Crippen molar-refractivity contribution in [2.45, 2.75) is 34.6 Å². The van der Waals surface area contributed by atoms with Gasteiger partial charge in [0.1, 0.15) is 4.99 Å². The maximum atomic E-state index is 5.76. The summed E-state index contributed by atoms with van der Waals surface area (Å²) in [5.41, 5.74) is 9.16. The molecule has 0 amide bonds. The Morgan fingerprint density at radius 3 is 2.50 bits per heavy atom. The van der Waals surface area contributed by atoms with Crippen LogP contribution in [0, 0.1) is 18.3 Å². The second kappa shape index (κ2) is 5.70. The SMILES string of the molecule is Cc1ccc(C(N)=S)c(NCC(C)(C)C(C)C)c1. The van der Waals surface area contributed by atoms with Crippen molar-refractivity contribution < 1.29 is 0 Å².